The first-order valence-electron chi connectivity index (χ1n) is 13.3. The molecule has 2 N–H and O–H groups in total. The van der Waals surface area contributed by atoms with Gasteiger partial charge in [-0.3, -0.25) is 4.79 Å². The Kier molecular flexibility index (Phi) is 6.16. The highest BCUT2D eigenvalue weighted by Crippen LogP contribution is 2.55. The number of piperidine rings is 1. The summed E-state index contributed by atoms with van der Waals surface area (Å²) in [5.41, 5.74) is 4.29. The number of likely N-dealkylation sites (N-methyl/N-ethyl adjacent to an activating group) is 1. The summed E-state index contributed by atoms with van der Waals surface area (Å²) in [6.45, 7) is 2.55. The molecular weight excluding hydrogens is 466 g/mol. The maximum atomic E-state index is 13.2. The zero-order valence-corrected chi connectivity index (χ0v) is 21.6. The minimum Gasteiger partial charge on any atom is -0.488 e. The van der Waals surface area contributed by atoms with E-state index in [-0.39, 0.29) is 18.6 Å². The van der Waals surface area contributed by atoms with Crippen LogP contribution >= 0.6 is 0 Å². The van der Waals surface area contributed by atoms with Crippen molar-refractivity contribution in [2.24, 2.45) is 0 Å². The number of fused-ring (bicyclic) bond motifs is 2. The van der Waals surface area contributed by atoms with Crippen LogP contribution in [-0.4, -0.2) is 72.1 Å². The highest BCUT2D eigenvalue weighted by Gasteiger charge is 2.52. The third-order valence-electron chi connectivity index (χ3n) is 8.28. The zero-order valence-electron chi connectivity index (χ0n) is 21.6. The molecule has 1 aliphatic carbocycles. The first kappa shape index (κ1) is 24.0. The van der Waals surface area contributed by atoms with E-state index < -0.39 is 5.41 Å². The predicted octanol–water partition coefficient (Wildman–Crippen LogP) is 3.81. The number of hydrogen-bond donors (Lipinski definition) is 2. The summed E-state index contributed by atoms with van der Waals surface area (Å²) in [5, 5.41) is 17.6. The van der Waals surface area contributed by atoms with Crippen LogP contribution in [-0.2, 0) is 10.2 Å². The lowest BCUT2D eigenvalue weighted by Gasteiger charge is -2.36. The van der Waals surface area contributed by atoms with Crippen molar-refractivity contribution in [3.8, 4) is 22.7 Å². The van der Waals surface area contributed by atoms with Gasteiger partial charge in [-0.2, -0.15) is 0 Å². The molecule has 3 aliphatic rings. The SMILES string of the molecule is CN1CCC(Oc2cc(-c3cc(N(C)CCO)nn3-c3ccccc3)cc3c2NC(=O)C32CCC2)CC1. The van der Waals surface area contributed by atoms with Crippen molar-refractivity contribution in [3.05, 3.63) is 54.1 Å². The molecule has 1 spiro atoms. The summed E-state index contributed by atoms with van der Waals surface area (Å²) in [7, 11) is 4.08. The molecule has 2 aromatic carbocycles. The lowest BCUT2D eigenvalue weighted by Crippen LogP contribution is -2.40. The van der Waals surface area contributed by atoms with Gasteiger partial charge in [0.1, 0.15) is 11.9 Å². The van der Waals surface area contributed by atoms with Crippen molar-refractivity contribution in [2.75, 3.05) is 50.6 Å². The quantitative estimate of drug-likeness (QED) is 0.512. The molecule has 0 bridgehead atoms. The average Bonchev–Trinajstić information content (AvgIpc) is 3.45. The molecule has 1 saturated heterocycles. The molecule has 0 radical (unpaired) electrons. The van der Waals surface area contributed by atoms with Crippen molar-refractivity contribution < 1.29 is 14.6 Å². The summed E-state index contributed by atoms with van der Waals surface area (Å²) < 4.78 is 8.59. The maximum Gasteiger partial charge on any atom is 0.235 e. The van der Waals surface area contributed by atoms with E-state index >= 15 is 0 Å². The molecule has 37 heavy (non-hydrogen) atoms. The van der Waals surface area contributed by atoms with Gasteiger partial charge < -0.3 is 25.0 Å². The van der Waals surface area contributed by atoms with E-state index in [0.717, 1.165) is 85.0 Å². The lowest BCUT2D eigenvalue weighted by atomic mass is 9.65. The molecule has 3 heterocycles. The fourth-order valence-corrected chi connectivity index (χ4v) is 5.82. The third kappa shape index (κ3) is 4.18. The van der Waals surface area contributed by atoms with Gasteiger partial charge >= 0.3 is 0 Å². The van der Waals surface area contributed by atoms with Gasteiger partial charge in [0.25, 0.3) is 0 Å². The Hall–Kier alpha value is -3.36. The van der Waals surface area contributed by atoms with Crippen LogP contribution in [0.3, 0.4) is 0 Å². The van der Waals surface area contributed by atoms with Crippen LogP contribution in [0.1, 0.15) is 37.7 Å². The molecule has 2 aliphatic heterocycles. The normalized spacial score (nSPS) is 18.9. The second-order valence-electron chi connectivity index (χ2n) is 10.7. The van der Waals surface area contributed by atoms with Crippen LogP contribution in [0.5, 0.6) is 5.75 Å². The Morgan fingerprint density at radius 2 is 1.92 bits per heavy atom. The number of likely N-dealkylation sites (tertiary alicyclic amines) is 1. The minimum absolute atomic E-state index is 0.0493. The standard InChI is InChI=1S/C29H35N5O3/c1-32-13-9-22(10-14-32)37-25-18-20(17-23-27(25)30-28(36)29(23)11-6-12-29)24-19-26(33(2)15-16-35)31-34(24)21-7-4-3-5-8-21/h3-5,7-8,17-19,22,35H,6,9-16H2,1-2H3,(H,30,36). The molecular formula is C29H35N5O3. The molecule has 1 saturated carbocycles. The van der Waals surface area contributed by atoms with Crippen molar-refractivity contribution in [2.45, 2.75) is 43.6 Å². The molecule has 8 nitrogen and oxygen atoms in total. The number of anilines is 2. The topological polar surface area (TPSA) is 82.9 Å². The smallest absolute Gasteiger partial charge is 0.235 e. The first-order valence-corrected chi connectivity index (χ1v) is 13.3. The van der Waals surface area contributed by atoms with Gasteiger partial charge in [-0.25, -0.2) is 4.68 Å². The average molecular weight is 502 g/mol. The van der Waals surface area contributed by atoms with Crippen LogP contribution in [0.4, 0.5) is 11.5 Å². The van der Waals surface area contributed by atoms with E-state index in [9.17, 15) is 9.90 Å². The molecule has 3 aromatic rings. The molecule has 8 heteroatoms. The Balaban J connectivity index is 1.48. The summed E-state index contributed by atoms with van der Waals surface area (Å²) >= 11 is 0. The highest BCUT2D eigenvalue weighted by atomic mass is 16.5. The number of hydrogen-bond acceptors (Lipinski definition) is 6. The first-order chi connectivity index (χ1) is 18.0. The van der Waals surface area contributed by atoms with Crippen LogP contribution in [0, 0.1) is 0 Å². The Morgan fingerprint density at radius 3 is 2.59 bits per heavy atom. The number of nitrogens with one attached hydrogen (secondary N) is 1. The highest BCUT2D eigenvalue weighted by molar-refractivity contribution is 6.09. The number of aromatic nitrogens is 2. The molecule has 2 fully saturated rings. The zero-order chi connectivity index (χ0) is 25.6. The van der Waals surface area contributed by atoms with Gasteiger partial charge in [-0.15, -0.1) is 5.10 Å². The number of rotatable bonds is 7. The van der Waals surface area contributed by atoms with Crippen molar-refractivity contribution in [1.29, 1.82) is 0 Å². The summed E-state index contributed by atoms with van der Waals surface area (Å²) in [4.78, 5) is 17.5. The van der Waals surface area contributed by atoms with Crippen LogP contribution in [0.2, 0.25) is 0 Å². The van der Waals surface area contributed by atoms with Crippen molar-refractivity contribution in [3.63, 3.8) is 0 Å². The summed E-state index contributed by atoms with van der Waals surface area (Å²) in [6.07, 6.45) is 4.84. The number of aliphatic hydroxyl groups is 1. The van der Waals surface area contributed by atoms with E-state index in [4.69, 9.17) is 9.84 Å². The largest absolute Gasteiger partial charge is 0.488 e. The minimum atomic E-state index is -0.454. The lowest BCUT2D eigenvalue weighted by molar-refractivity contribution is -0.123. The Morgan fingerprint density at radius 1 is 1.16 bits per heavy atom. The number of nitrogens with zero attached hydrogens (tertiary/aromatic N) is 4. The van der Waals surface area contributed by atoms with Crippen LogP contribution in [0.15, 0.2) is 48.5 Å². The molecule has 0 unspecified atom stereocenters. The van der Waals surface area contributed by atoms with Crippen molar-refractivity contribution in [1.82, 2.24) is 14.7 Å². The van der Waals surface area contributed by atoms with Gasteiger partial charge in [-0.1, -0.05) is 24.6 Å². The fraction of sp³-hybridized carbons (Fsp3) is 0.448. The van der Waals surface area contributed by atoms with Gasteiger partial charge in [0, 0.05) is 38.3 Å². The number of ether oxygens (including phenoxy) is 1. The third-order valence-corrected chi connectivity index (χ3v) is 8.28. The fourth-order valence-electron chi connectivity index (χ4n) is 5.82. The molecule has 0 atom stereocenters. The number of aliphatic hydroxyl groups excluding tert-OH is 1. The van der Waals surface area contributed by atoms with Crippen molar-refractivity contribution >= 4 is 17.4 Å². The van der Waals surface area contributed by atoms with E-state index in [0.29, 0.717) is 6.54 Å². The van der Waals surface area contributed by atoms with Crippen LogP contribution in [0.25, 0.3) is 16.9 Å². The number of carbonyl (C=O) groups is 1. The van der Waals surface area contributed by atoms with E-state index in [1.54, 1.807) is 0 Å². The molecule has 194 valence electrons. The molecule has 1 aromatic heterocycles. The molecule has 1 amide bonds. The Bertz CT molecular complexity index is 1290. The molecule has 6 rings (SSSR count). The summed E-state index contributed by atoms with van der Waals surface area (Å²) in [5.74, 6) is 1.63. The van der Waals surface area contributed by atoms with E-state index in [2.05, 4.69) is 35.5 Å². The second kappa shape index (κ2) is 9.50. The van der Waals surface area contributed by atoms with Crippen LogP contribution < -0.4 is 15.0 Å². The number of amides is 1. The van der Waals surface area contributed by atoms with E-state index in [1.165, 1.54) is 0 Å². The maximum absolute atomic E-state index is 13.2. The second-order valence-corrected chi connectivity index (χ2v) is 10.7. The Labute approximate surface area is 217 Å². The number of benzene rings is 2. The van der Waals surface area contributed by atoms with E-state index in [1.807, 2.05) is 47.0 Å². The predicted molar refractivity (Wildman–Crippen MR) is 145 cm³/mol. The monoisotopic (exact) mass is 501 g/mol. The van der Waals surface area contributed by atoms with Gasteiger partial charge in [0.05, 0.1) is 29.1 Å². The number of para-hydroxylation sites is 1. The van der Waals surface area contributed by atoms with Gasteiger partial charge in [0.15, 0.2) is 5.82 Å². The summed E-state index contributed by atoms with van der Waals surface area (Å²) in [6, 6.07) is 16.4. The van der Waals surface area contributed by atoms with Gasteiger partial charge in [0.2, 0.25) is 5.91 Å². The number of carbonyl (C=O) groups excluding carboxylic acids is 1. The van der Waals surface area contributed by atoms with Gasteiger partial charge in [-0.05, 0) is 62.6 Å².